The van der Waals surface area contributed by atoms with Crippen molar-refractivity contribution < 1.29 is 14.3 Å². The van der Waals surface area contributed by atoms with Crippen molar-refractivity contribution in [3.63, 3.8) is 0 Å². The van der Waals surface area contributed by atoms with E-state index >= 15 is 0 Å². The molecule has 1 N–H and O–H groups in total. The third kappa shape index (κ3) is 3.08. The highest BCUT2D eigenvalue weighted by Gasteiger charge is 2.26. The first-order chi connectivity index (χ1) is 11.3. The lowest BCUT2D eigenvalue weighted by Crippen LogP contribution is -2.22. The first-order valence-electron chi connectivity index (χ1n) is 7.97. The molecule has 1 aromatic carbocycles. The molecule has 120 valence electrons. The maximum absolute atomic E-state index is 12.2. The van der Waals surface area contributed by atoms with Crippen molar-refractivity contribution in [3.05, 3.63) is 28.7 Å². The number of hydrogen-bond acceptors (Lipinski definition) is 5. The van der Waals surface area contributed by atoms with Crippen LogP contribution in [0.3, 0.4) is 0 Å². The molecule has 23 heavy (non-hydrogen) atoms. The van der Waals surface area contributed by atoms with Crippen molar-refractivity contribution in [2.75, 3.05) is 6.79 Å². The zero-order valence-corrected chi connectivity index (χ0v) is 13.5. The first-order valence-corrected chi connectivity index (χ1v) is 8.78. The lowest BCUT2D eigenvalue weighted by molar-refractivity contribution is -0.115. The van der Waals surface area contributed by atoms with Gasteiger partial charge >= 0.3 is 0 Å². The van der Waals surface area contributed by atoms with Gasteiger partial charge in [-0.1, -0.05) is 31.4 Å². The Balaban J connectivity index is 1.55. The Morgan fingerprint density at radius 3 is 2.96 bits per heavy atom. The fraction of sp³-hybridized carbons (Fsp3) is 0.412. The van der Waals surface area contributed by atoms with Gasteiger partial charge in [0.2, 0.25) is 6.79 Å². The molecule has 4 rings (SSSR count). The minimum Gasteiger partial charge on any atom is -0.454 e. The van der Waals surface area contributed by atoms with E-state index in [1.54, 1.807) is 0 Å². The molecule has 1 saturated heterocycles. The summed E-state index contributed by atoms with van der Waals surface area (Å²) in [4.78, 5) is 17.5. The maximum atomic E-state index is 12.2. The molecular formula is C17H18N2O3S. The van der Waals surface area contributed by atoms with E-state index in [0.717, 1.165) is 29.3 Å². The number of carbonyl (C=O) groups excluding carboxylic acids is 1. The number of amides is 1. The topological polar surface area (TPSA) is 59.9 Å². The molecule has 2 heterocycles. The van der Waals surface area contributed by atoms with Gasteiger partial charge in [-0.05, 0) is 36.7 Å². The number of fused-ring (bicyclic) bond motifs is 1. The highest BCUT2D eigenvalue weighted by atomic mass is 32.2. The Morgan fingerprint density at radius 1 is 1.22 bits per heavy atom. The van der Waals surface area contributed by atoms with Crippen molar-refractivity contribution in [1.29, 1.82) is 0 Å². The molecule has 3 aliphatic rings. The average molecular weight is 330 g/mol. The highest BCUT2D eigenvalue weighted by molar-refractivity contribution is 8.18. The third-order valence-corrected chi connectivity index (χ3v) is 5.16. The van der Waals surface area contributed by atoms with Gasteiger partial charge in [-0.2, -0.15) is 0 Å². The van der Waals surface area contributed by atoms with Gasteiger partial charge in [0.15, 0.2) is 16.7 Å². The van der Waals surface area contributed by atoms with E-state index in [9.17, 15) is 4.79 Å². The Morgan fingerprint density at radius 2 is 2.09 bits per heavy atom. The normalized spacial score (nSPS) is 24.4. The summed E-state index contributed by atoms with van der Waals surface area (Å²) in [7, 11) is 0. The second-order valence-corrected chi connectivity index (χ2v) is 6.90. The molecule has 1 amide bonds. The number of amidine groups is 1. The predicted molar refractivity (Wildman–Crippen MR) is 90.6 cm³/mol. The van der Waals surface area contributed by atoms with E-state index in [-0.39, 0.29) is 12.7 Å². The Bertz CT molecular complexity index is 693. The molecular weight excluding hydrogens is 312 g/mol. The van der Waals surface area contributed by atoms with Gasteiger partial charge in [-0.3, -0.25) is 9.79 Å². The lowest BCUT2D eigenvalue weighted by Gasteiger charge is -2.17. The van der Waals surface area contributed by atoms with Crippen LogP contribution in [-0.4, -0.2) is 23.9 Å². The van der Waals surface area contributed by atoms with Crippen LogP contribution in [0.25, 0.3) is 6.08 Å². The molecule has 0 bridgehead atoms. The van der Waals surface area contributed by atoms with Gasteiger partial charge in [0.05, 0.1) is 10.9 Å². The summed E-state index contributed by atoms with van der Waals surface area (Å²) in [5.41, 5.74) is 0.858. The van der Waals surface area contributed by atoms with Crippen LogP contribution in [0.15, 0.2) is 28.1 Å². The Hall–Kier alpha value is -1.95. The van der Waals surface area contributed by atoms with Crippen molar-refractivity contribution in [3.8, 4) is 11.5 Å². The van der Waals surface area contributed by atoms with Crippen LogP contribution in [0.2, 0.25) is 0 Å². The van der Waals surface area contributed by atoms with Crippen LogP contribution in [0, 0.1) is 0 Å². The smallest absolute Gasteiger partial charge is 0.264 e. The fourth-order valence-electron chi connectivity index (χ4n) is 3.07. The van der Waals surface area contributed by atoms with Crippen LogP contribution in [-0.2, 0) is 4.79 Å². The molecule has 0 radical (unpaired) electrons. The number of thioether (sulfide) groups is 1. The monoisotopic (exact) mass is 330 g/mol. The second-order valence-electron chi connectivity index (χ2n) is 5.87. The lowest BCUT2D eigenvalue weighted by atomic mass is 9.96. The van der Waals surface area contributed by atoms with Crippen molar-refractivity contribution in [2.45, 2.75) is 38.1 Å². The molecule has 6 heteroatoms. The number of carbonyl (C=O) groups is 1. The number of benzene rings is 1. The summed E-state index contributed by atoms with van der Waals surface area (Å²) in [6, 6.07) is 6.03. The molecule has 1 aliphatic carbocycles. The number of nitrogens with zero attached hydrogens (tertiary/aromatic N) is 1. The Labute approximate surface area is 139 Å². The summed E-state index contributed by atoms with van der Waals surface area (Å²) in [6.45, 7) is 0.225. The van der Waals surface area contributed by atoms with E-state index in [0.29, 0.717) is 16.7 Å². The van der Waals surface area contributed by atoms with Gasteiger partial charge < -0.3 is 14.8 Å². The minimum absolute atomic E-state index is 0.0962. The maximum Gasteiger partial charge on any atom is 0.264 e. The average Bonchev–Trinajstić information content (AvgIpc) is 3.16. The number of hydrogen-bond donors (Lipinski definition) is 1. The fourth-order valence-corrected chi connectivity index (χ4v) is 3.96. The summed E-state index contributed by atoms with van der Waals surface area (Å²) in [5.74, 6) is 1.32. The molecule has 0 spiro atoms. The molecule has 0 atom stereocenters. The van der Waals surface area contributed by atoms with E-state index < -0.39 is 0 Å². The summed E-state index contributed by atoms with van der Waals surface area (Å²) < 4.78 is 10.9. The van der Waals surface area contributed by atoms with E-state index in [1.807, 2.05) is 24.3 Å². The second kappa shape index (κ2) is 6.28. The molecule has 0 unspecified atom stereocenters. The van der Waals surface area contributed by atoms with E-state index in [1.165, 1.54) is 31.0 Å². The van der Waals surface area contributed by atoms with Crippen LogP contribution in [0.4, 0.5) is 0 Å². The molecule has 5 nitrogen and oxygen atoms in total. The number of nitrogens with one attached hydrogen (secondary N) is 1. The van der Waals surface area contributed by atoms with Crippen molar-refractivity contribution in [2.24, 2.45) is 4.99 Å². The molecule has 2 aliphatic heterocycles. The van der Waals surface area contributed by atoms with Gasteiger partial charge in [-0.15, -0.1) is 0 Å². The summed E-state index contributed by atoms with van der Waals surface area (Å²) in [6.07, 6.45) is 7.85. The van der Waals surface area contributed by atoms with Gasteiger partial charge in [-0.25, -0.2) is 0 Å². The van der Waals surface area contributed by atoms with E-state index in [4.69, 9.17) is 14.5 Å². The Kier molecular flexibility index (Phi) is 3.99. The van der Waals surface area contributed by atoms with Crippen LogP contribution < -0.4 is 14.8 Å². The predicted octanol–water partition coefficient (Wildman–Crippen LogP) is 3.31. The van der Waals surface area contributed by atoms with Crippen molar-refractivity contribution in [1.82, 2.24) is 5.32 Å². The largest absolute Gasteiger partial charge is 0.454 e. The number of rotatable bonds is 2. The van der Waals surface area contributed by atoms with Gasteiger partial charge in [0, 0.05) is 5.56 Å². The van der Waals surface area contributed by atoms with Gasteiger partial charge in [0.1, 0.15) is 0 Å². The highest BCUT2D eigenvalue weighted by Crippen LogP contribution is 2.38. The summed E-state index contributed by atoms with van der Waals surface area (Å²) in [5, 5.41) is 3.59. The zero-order valence-electron chi connectivity index (χ0n) is 12.7. The van der Waals surface area contributed by atoms with Crippen molar-refractivity contribution >= 4 is 28.9 Å². The van der Waals surface area contributed by atoms with Crippen LogP contribution in [0.1, 0.15) is 37.7 Å². The number of para-hydroxylation sites is 1. The number of ether oxygens (including phenoxy) is 2. The molecule has 1 saturated carbocycles. The third-order valence-electron chi connectivity index (χ3n) is 4.24. The molecule has 0 aromatic heterocycles. The summed E-state index contributed by atoms with van der Waals surface area (Å²) >= 11 is 1.41. The minimum atomic E-state index is -0.0962. The van der Waals surface area contributed by atoms with Crippen LogP contribution >= 0.6 is 11.8 Å². The van der Waals surface area contributed by atoms with E-state index in [2.05, 4.69) is 5.32 Å². The SMILES string of the molecule is O=C1NC(=NC2CCCCC2)S/C1=C\c1cccc2c1OCO2. The quantitative estimate of drug-likeness (QED) is 0.845. The zero-order chi connectivity index (χ0) is 15.6. The molecule has 1 aromatic rings. The van der Waals surface area contributed by atoms with Crippen LogP contribution in [0.5, 0.6) is 11.5 Å². The first kappa shape index (κ1) is 14.6. The van der Waals surface area contributed by atoms with Gasteiger partial charge in [0.25, 0.3) is 5.91 Å². The molecule has 2 fully saturated rings. The number of aliphatic imine (C=N–C) groups is 1. The standard InChI is InChI=1S/C17H18N2O3S/c20-16-14(9-11-5-4-8-13-15(11)22-10-21-13)23-17(19-16)18-12-6-2-1-3-7-12/h4-5,8-9,12H,1-3,6-7,10H2,(H,18,19,20)/b14-9-.